The molecule has 4 aliphatic carbocycles. The number of nitrogens with one attached hydrogen (secondary N) is 2. The van der Waals surface area contributed by atoms with Crippen LogP contribution in [0.3, 0.4) is 0 Å². The van der Waals surface area contributed by atoms with Crippen molar-refractivity contribution in [3.05, 3.63) is 35.4 Å². The number of halogens is 1. The van der Waals surface area contributed by atoms with Crippen LogP contribution in [0.15, 0.2) is 24.3 Å². The summed E-state index contributed by atoms with van der Waals surface area (Å²) in [6, 6.07) is 8.61. The number of amides is 1. The second kappa shape index (κ2) is 7.62. The summed E-state index contributed by atoms with van der Waals surface area (Å²) in [5.41, 5.74) is 1.79. The van der Waals surface area contributed by atoms with Gasteiger partial charge < -0.3 is 15.7 Å². The summed E-state index contributed by atoms with van der Waals surface area (Å²) in [5, 5.41) is 17.7. The maximum atomic E-state index is 12.8. The number of carbonyl (C=O) groups is 1. The van der Waals surface area contributed by atoms with Gasteiger partial charge in [0.2, 0.25) is 5.91 Å². The van der Waals surface area contributed by atoms with Crippen molar-refractivity contribution in [2.24, 2.45) is 17.8 Å². The van der Waals surface area contributed by atoms with E-state index in [1.54, 1.807) is 0 Å². The highest BCUT2D eigenvalue weighted by molar-refractivity contribution is 5.85. The molecule has 1 aliphatic heterocycles. The zero-order valence-electron chi connectivity index (χ0n) is 16.6. The van der Waals surface area contributed by atoms with Crippen LogP contribution >= 0.6 is 12.4 Å². The van der Waals surface area contributed by atoms with Gasteiger partial charge in [-0.15, -0.1) is 12.4 Å². The molecule has 4 bridgehead atoms. The first-order chi connectivity index (χ1) is 13.0. The molecule has 1 saturated heterocycles. The molecule has 4 saturated carbocycles. The van der Waals surface area contributed by atoms with Gasteiger partial charge in [0.1, 0.15) is 0 Å². The van der Waals surface area contributed by atoms with E-state index in [0.717, 1.165) is 63.1 Å². The lowest BCUT2D eigenvalue weighted by Gasteiger charge is -2.60. The molecule has 154 valence electrons. The summed E-state index contributed by atoms with van der Waals surface area (Å²) in [6.45, 7) is 2.27. The molecule has 1 amide bonds. The van der Waals surface area contributed by atoms with E-state index in [-0.39, 0.29) is 23.9 Å². The van der Waals surface area contributed by atoms with E-state index in [2.05, 4.69) is 34.9 Å². The van der Waals surface area contributed by atoms with E-state index in [1.165, 1.54) is 18.4 Å². The Bertz CT molecular complexity index is 700. The summed E-state index contributed by atoms with van der Waals surface area (Å²) in [5.74, 6) is 2.07. The molecule has 1 aromatic rings. The molecule has 3 atom stereocenters. The molecule has 5 aliphatic rings. The Morgan fingerprint density at radius 1 is 1.11 bits per heavy atom. The predicted octanol–water partition coefficient (Wildman–Crippen LogP) is 3.00. The van der Waals surface area contributed by atoms with E-state index in [9.17, 15) is 9.90 Å². The number of benzene rings is 1. The van der Waals surface area contributed by atoms with Gasteiger partial charge in [0.15, 0.2) is 0 Å². The van der Waals surface area contributed by atoms with Gasteiger partial charge >= 0.3 is 0 Å². The van der Waals surface area contributed by atoms with E-state index in [4.69, 9.17) is 0 Å². The van der Waals surface area contributed by atoms with Crippen LogP contribution in [0.4, 0.5) is 0 Å². The average Bonchev–Trinajstić information content (AvgIpc) is 3.06. The zero-order chi connectivity index (χ0) is 18.5. The van der Waals surface area contributed by atoms with Crippen LogP contribution in [0.5, 0.6) is 0 Å². The van der Waals surface area contributed by atoms with Crippen molar-refractivity contribution in [2.75, 3.05) is 13.1 Å². The van der Waals surface area contributed by atoms with E-state index < -0.39 is 5.60 Å². The number of carbonyl (C=O) groups excluding carboxylic acids is 1. The number of aliphatic hydroxyl groups is 1. The minimum atomic E-state index is -0.520. The van der Waals surface area contributed by atoms with Crippen molar-refractivity contribution in [2.45, 2.75) is 68.9 Å². The molecule has 5 fully saturated rings. The van der Waals surface area contributed by atoms with Gasteiger partial charge in [-0.1, -0.05) is 24.3 Å². The maximum Gasteiger partial charge on any atom is 0.224 e. The van der Waals surface area contributed by atoms with Crippen molar-refractivity contribution in [3.63, 3.8) is 0 Å². The predicted molar refractivity (Wildman–Crippen MR) is 113 cm³/mol. The molecule has 6 rings (SSSR count). The lowest BCUT2D eigenvalue weighted by Crippen LogP contribution is -2.65. The fraction of sp³-hybridized carbons (Fsp3) is 0.696. The standard InChI is InChI=1S/C23H32N2O2.ClH/c26-21(9-17-3-1-16(2-4-17)7-18-5-6-24-14-18)25-22-10-19-8-20(11-22)13-23(27,12-19)15-22;/h1-4,18-20,24,27H,5-15H2,(H,25,26);1H. The third-order valence-electron chi connectivity index (χ3n) is 7.51. The molecule has 4 nitrogen and oxygen atoms in total. The van der Waals surface area contributed by atoms with Crippen LogP contribution in [0.2, 0.25) is 0 Å². The summed E-state index contributed by atoms with van der Waals surface area (Å²) >= 11 is 0. The monoisotopic (exact) mass is 404 g/mol. The minimum Gasteiger partial charge on any atom is -0.390 e. The largest absolute Gasteiger partial charge is 0.390 e. The van der Waals surface area contributed by atoms with Crippen molar-refractivity contribution in [1.82, 2.24) is 10.6 Å². The van der Waals surface area contributed by atoms with E-state index >= 15 is 0 Å². The Morgan fingerprint density at radius 3 is 2.39 bits per heavy atom. The summed E-state index contributed by atoms with van der Waals surface area (Å²) in [6.07, 6.45) is 8.85. The first-order valence-corrected chi connectivity index (χ1v) is 10.8. The molecule has 5 heteroatoms. The van der Waals surface area contributed by atoms with Crippen LogP contribution in [0.1, 0.15) is 56.1 Å². The number of rotatable bonds is 5. The molecule has 1 heterocycles. The molecule has 3 N–H and O–H groups in total. The third-order valence-corrected chi connectivity index (χ3v) is 7.51. The molecule has 28 heavy (non-hydrogen) atoms. The lowest BCUT2D eigenvalue weighted by molar-refractivity contribution is -0.150. The highest BCUT2D eigenvalue weighted by Gasteiger charge is 2.57. The second-order valence-corrected chi connectivity index (χ2v) is 10.1. The lowest BCUT2D eigenvalue weighted by atomic mass is 9.51. The van der Waals surface area contributed by atoms with Gasteiger partial charge in [-0.25, -0.2) is 0 Å². The number of hydrogen-bond acceptors (Lipinski definition) is 3. The minimum absolute atomic E-state index is 0. The SMILES string of the molecule is Cl.O=C(Cc1ccc(CC2CCNC2)cc1)NC12CC3CC(CC(O)(C3)C1)C2. The number of hydrogen-bond donors (Lipinski definition) is 3. The molecule has 3 unspecified atom stereocenters. The highest BCUT2D eigenvalue weighted by atomic mass is 35.5. The van der Waals surface area contributed by atoms with Gasteiger partial charge in [-0.3, -0.25) is 4.79 Å². The highest BCUT2D eigenvalue weighted by Crippen LogP contribution is 2.57. The molecule has 0 spiro atoms. The first-order valence-electron chi connectivity index (χ1n) is 10.8. The molecule has 1 aromatic carbocycles. The fourth-order valence-corrected chi connectivity index (χ4v) is 6.90. The Hall–Kier alpha value is -1.10. The smallest absolute Gasteiger partial charge is 0.224 e. The first kappa shape index (κ1) is 20.2. The average molecular weight is 405 g/mol. The molecule has 0 radical (unpaired) electrons. The summed E-state index contributed by atoms with van der Waals surface area (Å²) in [4.78, 5) is 12.8. The summed E-state index contributed by atoms with van der Waals surface area (Å²) in [7, 11) is 0. The Kier molecular flexibility index (Phi) is 5.49. The normalized spacial score (nSPS) is 38.2. The van der Waals surface area contributed by atoms with Crippen LogP contribution in [0.25, 0.3) is 0 Å². The molecular weight excluding hydrogens is 372 g/mol. The van der Waals surface area contributed by atoms with Crippen LogP contribution < -0.4 is 10.6 Å². The maximum absolute atomic E-state index is 12.8. The quantitative estimate of drug-likeness (QED) is 0.707. The topological polar surface area (TPSA) is 61.4 Å². The van der Waals surface area contributed by atoms with Crippen LogP contribution in [-0.2, 0) is 17.6 Å². The van der Waals surface area contributed by atoms with E-state index in [1.807, 2.05) is 0 Å². The zero-order valence-corrected chi connectivity index (χ0v) is 17.4. The van der Waals surface area contributed by atoms with Gasteiger partial charge in [-0.2, -0.15) is 0 Å². The second-order valence-electron chi connectivity index (χ2n) is 10.1. The van der Waals surface area contributed by atoms with Crippen molar-refractivity contribution in [3.8, 4) is 0 Å². The van der Waals surface area contributed by atoms with Crippen LogP contribution in [0, 0.1) is 17.8 Å². The van der Waals surface area contributed by atoms with E-state index in [0.29, 0.717) is 18.3 Å². The fourth-order valence-electron chi connectivity index (χ4n) is 6.90. The van der Waals surface area contributed by atoms with Gasteiger partial charge in [0.05, 0.1) is 12.0 Å². The van der Waals surface area contributed by atoms with Crippen molar-refractivity contribution in [1.29, 1.82) is 0 Å². The molecular formula is C23H33ClN2O2. The van der Waals surface area contributed by atoms with Gasteiger partial charge in [-0.05, 0) is 93.3 Å². The third kappa shape index (κ3) is 4.10. The van der Waals surface area contributed by atoms with Gasteiger partial charge in [0.25, 0.3) is 0 Å². The summed E-state index contributed by atoms with van der Waals surface area (Å²) < 4.78 is 0. The van der Waals surface area contributed by atoms with Crippen molar-refractivity contribution < 1.29 is 9.90 Å². The Morgan fingerprint density at radius 2 is 1.79 bits per heavy atom. The Balaban J connectivity index is 0.00000192. The molecule has 0 aromatic heterocycles. The van der Waals surface area contributed by atoms with Crippen molar-refractivity contribution >= 4 is 18.3 Å². The van der Waals surface area contributed by atoms with Crippen LogP contribution in [-0.4, -0.2) is 35.2 Å². The van der Waals surface area contributed by atoms with Gasteiger partial charge in [0, 0.05) is 5.54 Å². The Labute approximate surface area is 174 Å².